The monoisotopic (exact) mass is 361 g/mol. The first-order valence-electron chi connectivity index (χ1n) is 8.84. The smallest absolute Gasteiger partial charge is 0.222 e. The van der Waals surface area contributed by atoms with Crippen LogP contribution in [0.1, 0.15) is 35.5 Å². The Balaban J connectivity index is 1.73. The van der Waals surface area contributed by atoms with Crippen LogP contribution in [0, 0.1) is 0 Å². The van der Waals surface area contributed by atoms with Gasteiger partial charge in [-0.15, -0.1) is 0 Å². The van der Waals surface area contributed by atoms with E-state index >= 15 is 0 Å². The molecule has 0 fully saturated rings. The van der Waals surface area contributed by atoms with Crippen LogP contribution in [-0.4, -0.2) is 15.8 Å². The molecule has 6 nitrogen and oxygen atoms in total. The number of benzene rings is 2. The number of nitrogens with zero attached hydrogens (tertiary/aromatic N) is 2. The van der Waals surface area contributed by atoms with Crippen molar-refractivity contribution in [2.75, 3.05) is 16.8 Å². The van der Waals surface area contributed by atoms with E-state index in [9.17, 15) is 4.79 Å². The number of carbonyl (C=O) groups excluding carboxylic acids is 1. The van der Waals surface area contributed by atoms with Gasteiger partial charge >= 0.3 is 0 Å². The van der Waals surface area contributed by atoms with E-state index in [0.29, 0.717) is 17.9 Å². The third kappa shape index (κ3) is 4.23. The Hall–Kier alpha value is -3.41. The van der Waals surface area contributed by atoms with E-state index in [2.05, 4.69) is 15.3 Å². The zero-order chi connectivity index (χ0) is 19.4. The van der Waals surface area contributed by atoms with Crippen molar-refractivity contribution in [2.24, 2.45) is 0 Å². The minimum Gasteiger partial charge on any atom is -0.383 e. The number of Topliss-reactive ketones (excluding diaryl/α,β-unsaturated/α-hetero) is 1. The highest BCUT2D eigenvalue weighted by atomic mass is 16.1. The third-order valence-electron chi connectivity index (χ3n) is 4.39. The van der Waals surface area contributed by atoms with Crippen LogP contribution in [0.4, 0.5) is 17.5 Å². The second-order valence-electron chi connectivity index (χ2n) is 6.33. The fraction of sp³-hybridized carbons (Fsp3) is 0.190. The molecule has 3 rings (SSSR count). The van der Waals surface area contributed by atoms with Crippen LogP contribution in [0.5, 0.6) is 0 Å². The van der Waals surface area contributed by atoms with Crippen molar-refractivity contribution in [3.05, 3.63) is 65.4 Å². The lowest BCUT2D eigenvalue weighted by atomic mass is 10.0. The standard InChI is InChI=1S/C21H23N5O/c1-3-18-19(20(22)26-21(23)25-18)16-6-4-14(5-7-16)12-24-17-10-8-15(9-11-17)13(2)27/h4-11,24H,3,12H2,1-2H3,(H4,22,23,25,26). The van der Waals surface area contributed by atoms with E-state index in [1.165, 1.54) is 0 Å². The lowest BCUT2D eigenvalue weighted by Gasteiger charge is -2.12. The molecule has 0 radical (unpaired) electrons. The van der Waals surface area contributed by atoms with Gasteiger partial charge < -0.3 is 16.8 Å². The van der Waals surface area contributed by atoms with Crippen molar-refractivity contribution in [2.45, 2.75) is 26.8 Å². The zero-order valence-electron chi connectivity index (χ0n) is 15.5. The highest BCUT2D eigenvalue weighted by Gasteiger charge is 2.12. The molecular weight excluding hydrogens is 338 g/mol. The highest BCUT2D eigenvalue weighted by molar-refractivity contribution is 5.94. The molecule has 0 saturated carbocycles. The average Bonchev–Trinajstić information content (AvgIpc) is 2.66. The number of hydrogen-bond donors (Lipinski definition) is 3. The Morgan fingerprint density at radius 1 is 1.00 bits per heavy atom. The quantitative estimate of drug-likeness (QED) is 0.578. The lowest BCUT2D eigenvalue weighted by Crippen LogP contribution is -2.06. The molecule has 0 amide bonds. The van der Waals surface area contributed by atoms with Gasteiger partial charge in [0.15, 0.2) is 5.78 Å². The molecule has 0 aliphatic heterocycles. The Labute approximate surface area is 158 Å². The molecule has 2 aromatic carbocycles. The van der Waals surface area contributed by atoms with Crippen LogP contribution >= 0.6 is 0 Å². The predicted octanol–water partition coefficient (Wildman–Crippen LogP) is 3.69. The zero-order valence-corrected chi connectivity index (χ0v) is 15.5. The van der Waals surface area contributed by atoms with Crippen LogP contribution in [0.2, 0.25) is 0 Å². The van der Waals surface area contributed by atoms with Gasteiger partial charge in [-0.05, 0) is 48.7 Å². The Kier molecular flexibility index (Phi) is 5.35. The molecule has 0 spiro atoms. The summed E-state index contributed by atoms with van der Waals surface area (Å²) in [6.45, 7) is 4.25. The number of hydrogen-bond acceptors (Lipinski definition) is 6. The number of carbonyl (C=O) groups is 1. The number of ketones is 1. The predicted molar refractivity (Wildman–Crippen MR) is 109 cm³/mol. The maximum absolute atomic E-state index is 11.3. The van der Waals surface area contributed by atoms with E-state index in [1.54, 1.807) is 6.92 Å². The van der Waals surface area contributed by atoms with E-state index in [4.69, 9.17) is 11.5 Å². The summed E-state index contributed by atoms with van der Waals surface area (Å²) >= 11 is 0. The van der Waals surface area contributed by atoms with Crippen molar-refractivity contribution >= 4 is 23.2 Å². The molecule has 0 saturated heterocycles. The summed E-state index contributed by atoms with van der Waals surface area (Å²) in [7, 11) is 0. The summed E-state index contributed by atoms with van der Waals surface area (Å²) < 4.78 is 0. The van der Waals surface area contributed by atoms with E-state index in [1.807, 2.05) is 55.5 Å². The van der Waals surface area contributed by atoms with Crippen molar-refractivity contribution in [1.82, 2.24) is 9.97 Å². The molecule has 1 aromatic heterocycles. The van der Waals surface area contributed by atoms with Crippen molar-refractivity contribution in [1.29, 1.82) is 0 Å². The topological polar surface area (TPSA) is 107 Å². The molecule has 0 bridgehead atoms. The number of nitrogens with two attached hydrogens (primary N) is 2. The van der Waals surface area contributed by atoms with Gasteiger partial charge in [0.1, 0.15) is 5.82 Å². The molecule has 5 N–H and O–H groups in total. The molecule has 27 heavy (non-hydrogen) atoms. The molecular formula is C21H23N5O. The van der Waals surface area contributed by atoms with Gasteiger partial charge in [0.25, 0.3) is 0 Å². The lowest BCUT2D eigenvalue weighted by molar-refractivity contribution is 0.101. The number of nitrogens with one attached hydrogen (secondary N) is 1. The van der Waals surface area contributed by atoms with Crippen molar-refractivity contribution < 1.29 is 4.79 Å². The minimum absolute atomic E-state index is 0.0644. The maximum atomic E-state index is 11.3. The summed E-state index contributed by atoms with van der Waals surface area (Å²) in [5, 5.41) is 3.35. The number of nitrogen functional groups attached to an aromatic ring is 2. The first-order valence-corrected chi connectivity index (χ1v) is 8.84. The van der Waals surface area contributed by atoms with Crippen molar-refractivity contribution in [3.8, 4) is 11.1 Å². The summed E-state index contributed by atoms with van der Waals surface area (Å²) in [5.74, 6) is 0.662. The van der Waals surface area contributed by atoms with Crippen LogP contribution in [0.3, 0.4) is 0 Å². The van der Waals surface area contributed by atoms with Gasteiger partial charge in [-0.3, -0.25) is 4.79 Å². The Bertz CT molecular complexity index is 950. The van der Waals surface area contributed by atoms with Crippen LogP contribution in [0.25, 0.3) is 11.1 Å². The molecule has 1 heterocycles. The van der Waals surface area contributed by atoms with Crippen LogP contribution < -0.4 is 16.8 Å². The second-order valence-corrected chi connectivity index (χ2v) is 6.33. The number of anilines is 3. The van der Waals surface area contributed by atoms with Crippen LogP contribution in [0.15, 0.2) is 48.5 Å². The largest absolute Gasteiger partial charge is 0.383 e. The molecule has 3 aromatic rings. The first kappa shape index (κ1) is 18.4. The summed E-state index contributed by atoms with van der Waals surface area (Å²) in [6, 6.07) is 15.6. The molecule has 0 aliphatic carbocycles. The summed E-state index contributed by atoms with van der Waals surface area (Å²) in [4.78, 5) is 19.7. The van der Waals surface area contributed by atoms with Gasteiger partial charge in [0, 0.05) is 23.4 Å². The Morgan fingerprint density at radius 3 is 2.26 bits per heavy atom. The van der Waals surface area contributed by atoms with Crippen molar-refractivity contribution in [3.63, 3.8) is 0 Å². The van der Waals surface area contributed by atoms with E-state index in [-0.39, 0.29) is 11.7 Å². The molecule has 0 unspecified atom stereocenters. The summed E-state index contributed by atoms with van der Waals surface area (Å²) in [6.07, 6.45) is 0.728. The normalized spacial score (nSPS) is 10.6. The van der Waals surface area contributed by atoms with E-state index in [0.717, 1.165) is 34.5 Å². The van der Waals surface area contributed by atoms with Gasteiger partial charge in [0.2, 0.25) is 5.95 Å². The summed E-state index contributed by atoms with van der Waals surface area (Å²) in [5.41, 5.74) is 17.2. The first-order chi connectivity index (χ1) is 13.0. The Morgan fingerprint density at radius 2 is 1.67 bits per heavy atom. The fourth-order valence-corrected chi connectivity index (χ4v) is 2.93. The number of aryl methyl sites for hydroxylation is 1. The van der Waals surface area contributed by atoms with E-state index < -0.39 is 0 Å². The maximum Gasteiger partial charge on any atom is 0.222 e. The average molecular weight is 361 g/mol. The van der Waals surface area contributed by atoms with Gasteiger partial charge in [-0.1, -0.05) is 31.2 Å². The fourth-order valence-electron chi connectivity index (χ4n) is 2.93. The van der Waals surface area contributed by atoms with Gasteiger partial charge in [-0.25, -0.2) is 4.98 Å². The highest BCUT2D eigenvalue weighted by Crippen LogP contribution is 2.29. The molecule has 0 atom stereocenters. The van der Waals surface area contributed by atoms with Crippen LogP contribution in [-0.2, 0) is 13.0 Å². The SMILES string of the molecule is CCc1nc(N)nc(N)c1-c1ccc(CNc2ccc(C(C)=O)cc2)cc1. The third-order valence-corrected chi connectivity index (χ3v) is 4.39. The number of aromatic nitrogens is 2. The molecule has 138 valence electrons. The van der Waals surface area contributed by atoms with Gasteiger partial charge in [0.05, 0.1) is 5.69 Å². The van der Waals surface area contributed by atoms with Gasteiger partial charge in [-0.2, -0.15) is 4.98 Å². The number of rotatable bonds is 6. The second kappa shape index (κ2) is 7.86. The minimum atomic E-state index is 0.0644. The molecule has 6 heteroatoms. The molecule has 0 aliphatic rings.